The Hall–Kier alpha value is -8.85. The summed E-state index contributed by atoms with van der Waals surface area (Å²) in [7, 11) is 0. The maximum atomic E-state index is 4.17. The second-order valence-electron chi connectivity index (χ2n) is 19.2. The summed E-state index contributed by atoms with van der Waals surface area (Å²) in [5, 5.41) is 0. The zero-order valence-electron chi connectivity index (χ0n) is 48.1. The average molecular weight is 1040 g/mol. The molecule has 10 aromatic rings. The molecule has 2 aliphatic rings. The number of pyridine rings is 1. The quantitative estimate of drug-likeness (QED) is 0.131. The summed E-state index contributed by atoms with van der Waals surface area (Å²) in [5.74, 6) is 5.62. The first-order chi connectivity index (χ1) is 37.2. The molecule has 4 aromatic carbocycles. The van der Waals surface area contributed by atoms with Crippen LogP contribution in [0.1, 0.15) is 91.8 Å². The van der Waals surface area contributed by atoms with Gasteiger partial charge in [-0.15, -0.1) is 0 Å². The van der Waals surface area contributed by atoms with E-state index in [4.69, 9.17) is 0 Å². The Morgan fingerprint density at radius 2 is 0.667 bits per heavy atom. The summed E-state index contributed by atoms with van der Waals surface area (Å²) in [6.45, 7) is 31.4. The number of hydrogen-bond donors (Lipinski definition) is 0. The normalized spacial score (nSPS) is 10.8. The van der Waals surface area contributed by atoms with E-state index in [1.165, 1.54) is 62.0 Å². The van der Waals surface area contributed by atoms with Gasteiger partial charge in [-0.25, -0.2) is 59.8 Å². The third kappa shape index (κ3) is 17.1. The van der Waals surface area contributed by atoms with E-state index >= 15 is 0 Å². The van der Waals surface area contributed by atoms with Crippen LogP contribution in [0.3, 0.4) is 0 Å². The van der Waals surface area contributed by atoms with E-state index in [-0.39, 0.29) is 6.85 Å². The Balaban J connectivity index is 0.000000163. The molecule has 0 bridgehead atoms. The molecular formula is C63H71BN14. The van der Waals surface area contributed by atoms with E-state index in [9.17, 15) is 0 Å². The number of aromatic nitrogens is 13. The molecular weight excluding hydrogens is 964 g/mol. The fourth-order valence-electron chi connectivity index (χ4n) is 8.98. The fraction of sp³-hybridized carbons (Fsp3) is 0.254. The van der Waals surface area contributed by atoms with Crippen molar-refractivity contribution in [3.05, 3.63) is 232 Å². The fourth-order valence-corrected chi connectivity index (χ4v) is 8.98. The van der Waals surface area contributed by atoms with Gasteiger partial charge in [-0.1, -0.05) is 77.9 Å². The van der Waals surface area contributed by atoms with Gasteiger partial charge < -0.3 is 4.81 Å². The van der Waals surface area contributed by atoms with E-state index in [2.05, 4.69) is 168 Å². The molecule has 0 atom stereocenters. The van der Waals surface area contributed by atoms with Crippen LogP contribution in [-0.4, -0.2) is 71.6 Å². The number of rotatable bonds is 0. The van der Waals surface area contributed by atoms with Crippen molar-refractivity contribution >= 4 is 29.1 Å². The Kier molecular flexibility index (Phi) is 20.8. The van der Waals surface area contributed by atoms with Crippen molar-refractivity contribution in [2.45, 2.75) is 111 Å². The molecule has 0 radical (unpaired) electrons. The van der Waals surface area contributed by atoms with Gasteiger partial charge in [0.1, 0.15) is 53.4 Å². The minimum atomic E-state index is 0.206. The van der Waals surface area contributed by atoms with Crippen molar-refractivity contribution in [2.75, 3.05) is 4.81 Å². The molecule has 0 unspecified atom stereocenters. The Morgan fingerprint density at radius 3 is 1.03 bits per heavy atom. The lowest BCUT2D eigenvalue weighted by Crippen LogP contribution is -2.59. The molecule has 0 saturated carbocycles. The molecule has 396 valence electrons. The summed E-state index contributed by atoms with van der Waals surface area (Å²) >= 11 is 0. The SMILES string of the molecule is Cc1cc(C)nc(C)n1.Cc1cc(C)ncn1.Cc1ccc2c(c1)-c1ccccc1B1c3ccccc3-c3cc(C)ccc3N12.Cc1cccc(C)n1.Cc1ccnc(C)n1.Cc1nc(C)nc(C)n1.Cc1ncnc(C)n1. The van der Waals surface area contributed by atoms with Crippen molar-refractivity contribution in [3.8, 4) is 22.3 Å². The van der Waals surface area contributed by atoms with Gasteiger partial charge in [-0.3, -0.25) is 4.98 Å². The van der Waals surface area contributed by atoms with Crippen LogP contribution < -0.4 is 15.7 Å². The molecule has 12 rings (SSSR count). The second kappa shape index (κ2) is 27.8. The van der Waals surface area contributed by atoms with Crippen LogP contribution >= 0.6 is 0 Å². The lowest BCUT2D eigenvalue weighted by molar-refractivity contribution is 0.875. The maximum Gasteiger partial charge on any atom is 0.329 e. The summed E-state index contributed by atoms with van der Waals surface area (Å²) in [5.41, 5.74) is 20.7. The minimum Gasteiger partial charge on any atom is -0.376 e. The lowest BCUT2D eigenvalue weighted by Gasteiger charge is -2.43. The predicted molar refractivity (Wildman–Crippen MR) is 317 cm³/mol. The highest BCUT2D eigenvalue weighted by Gasteiger charge is 2.41. The van der Waals surface area contributed by atoms with E-state index in [0.29, 0.717) is 0 Å². The van der Waals surface area contributed by atoms with Gasteiger partial charge in [0, 0.05) is 68.6 Å². The molecule has 8 heterocycles. The second-order valence-corrected chi connectivity index (χ2v) is 19.2. The highest BCUT2D eigenvalue weighted by Crippen LogP contribution is 2.46. The van der Waals surface area contributed by atoms with E-state index in [1.54, 1.807) is 12.5 Å². The summed E-state index contributed by atoms with van der Waals surface area (Å²) in [6.07, 6.45) is 4.85. The standard InChI is InChI=1S/C26H20BN.C7H10N2.C7H9N.C6H9N3.2C6H8N2.C5H7N3/c1-17-11-13-25-21(15-17)19-7-3-5-9-23(19)27-24-10-6-4-8-20(24)22-16-18(2)12-14-26(22)28(25)27;1-5-4-6(2)9-7(3)8-5;1-6-4-3-5-7(2)8-6;1-4-7-5(2)9-6(3)8-4;1-5-3-6(2)8-4-7-5;1-5-3-4-7-6(2)8-5;1-4-6-3-7-5(2)8-4/h3-16H,1-2H3;4H,1-3H3;3-5H,1-2H3;1-3H3;2*3-4H,1-2H3;3H,1-2H3. The Morgan fingerprint density at radius 1 is 0.282 bits per heavy atom. The zero-order chi connectivity index (χ0) is 56.5. The third-order valence-corrected chi connectivity index (χ3v) is 11.9. The topological polar surface area (TPSA) is 171 Å². The molecule has 14 nitrogen and oxygen atoms in total. The molecule has 15 heteroatoms. The first-order valence-electron chi connectivity index (χ1n) is 25.9. The Bertz CT molecular complexity index is 3110. The highest BCUT2D eigenvalue weighted by molar-refractivity contribution is 6.92. The first-order valence-corrected chi connectivity index (χ1v) is 25.9. The van der Waals surface area contributed by atoms with Gasteiger partial charge in [-0.2, -0.15) is 0 Å². The number of anilines is 2. The van der Waals surface area contributed by atoms with Crippen LogP contribution in [-0.2, 0) is 0 Å². The zero-order valence-corrected chi connectivity index (χ0v) is 48.1. The molecule has 0 aliphatic carbocycles. The van der Waals surface area contributed by atoms with Crippen molar-refractivity contribution < 1.29 is 0 Å². The third-order valence-electron chi connectivity index (χ3n) is 11.9. The molecule has 0 N–H and O–H groups in total. The van der Waals surface area contributed by atoms with Crippen LogP contribution in [0.4, 0.5) is 11.4 Å². The van der Waals surface area contributed by atoms with Crippen molar-refractivity contribution in [1.29, 1.82) is 0 Å². The largest absolute Gasteiger partial charge is 0.376 e. The Labute approximate surface area is 461 Å². The first kappa shape index (κ1) is 58.4. The van der Waals surface area contributed by atoms with E-state index in [1.807, 2.05) is 133 Å². The van der Waals surface area contributed by atoms with Crippen LogP contribution in [0, 0.1) is 111 Å². The molecule has 0 spiro atoms. The van der Waals surface area contributed by atoms with Gasteiger partial charge in [0.15, 0.2) is 0 Å². The van der Waals surface area contributed by atoms with Crippen LogP contribution in [0.15, 0.2) is 140 Å². The summed E-state index contributed by atoms with van der Waals surface area (Å²) < 4.78 is 0. The molecule has 0 amide bonds. The molecule has 6 aromatic heterocycles. The van der Waals surface area contributed by atoms with E-state index < -0.39 is 0 Å². The molecule has 0 fully saturated rings. The van der Waals surface area contributed by atoms with Gasteiger partial charge in [-0.05, 0) is 187 Å². The summed E-state index contributed by atoms with van der Waals surface area (Å²) in [6, 6.07) is 43.3. The van der Waals surface area contributed by atoms with Gasteiger partial charge in [0.2, 0.25) is 0 Å². The van der Waals surface area contributed by atoms with Crippen LogP contribution in [0.2, 0.25) is 0 Å². The number of nitrogens with zero attached hydrogens (tertiary/aromatic N) is 14. The molecule has 2 aliphatic heterocycles. The van der Waals surface area contributed by atoms with Crippen molar-refractivity contribution in [2.24, 2.45) is 0 Å². The lowest BCUT2D eigenvalue weighted by atomic mass is 9.43. The predicted octanol–water partition coefficient (Wildman–Crippen LogP) is 11.8. The van der Waals surface area contributed by atoms with Crippen LogP contribution in [0.5, 0.6) is 0 Å². The number of fused-ring (bicyclic) bond motifs is 11. The number of aryl methyl sites for hydroxylation is 16. The minimum absolute atomic E-state index is 0.206. The highest BCUT2D eigenvalue weighted by atomic mass is 15.1. The number of hydrogen-bond acceptors (Lipinski definition) is 14. The van der Waals surface area contributed by atoms with Crippen LogP contribution in [0.25, 0.3) is 22.3 Å². The maximum absolute atomic E-state index is 4.17. The van der Waals surface area contributed by atoms with Crippen molar-refractivity contribution in [3.63, 3.8) is 0 Å². The average Bonchev–Trinajstić information content (AvgIpc) is 3.36. The molecule has 78 heavy (non-hydrogen) atoms. The van der Waals surface area contributed by atoms with E-state index in [0.717, 1.165) is 80.6 Å². The smallest absolute Gasteiger partial charge is 0.329 e. The monoisotopic (exact) mass is 1030 g/mol. The van der Waals surface area contributed by atoms with Crippen molar-refractivity contribution in [1.82, 2.24) is 64.8 Å². The number of benzene rings is 4. The molecule has 0 saturated heterocycles. The summed E-state index contributed by atoms with van der Waals surface area (Å²) in [4.78, 5) is 54.4. The van der Waals surface area contributed by atoms with Gasteiger partial charge in [0.25, 0.3) is 0 Å². The van der Waals surface area contributed by atoms with Gasteiger partial charge in [0.05, 0.1) is 0 Å². The van der Waals surface area contributed by atoms with Gasteiger partial charge >= 0.3 is 6.85 Å².